The van der Waals surface area contributed by atoms with Crippen LogP contribution in [0.3, 0.4) is 0 Å². The van der Waals surface area contributed by atoms with Gasteiger partial charge in [-0.1, -0.05) is 12.2 Å². The van der Waals surface area contributed by atoms with Crippen LogP contribution in [0.15, 0.2) is 40.0 Å². The van der Waals surface area contributed by atoms with Gasteiger partial charge in [0.05, 0.1) is 12.9 Å². The molecule has 0 aromatic carbocycles. The number of halogens is 1. The number of hydrogen-bond acceptors (Lipinski definition) is 4. The normalized spacial score (nSPS) is 21.3. The number of hydrogen-bond donors (Lipinski definition) is 2. The molecular formula is C21H35IN4O2. The Morgan fingerprint density at radius 3 is 2.79 bits per heavy atom. The summed E-state index contributed by atoms with van der Waals surface area (Å²) in [4.78, 5) is 7.33. The Hall–Kier alpha value is -1.06. The molecule has 158 valence electrons. The van der Waals surface area contributed by atoms with Crippen molar-refractivity contribution in [2.45, 2.75) is 38.6 Å². The first-order valence-electron chi connectivity index (χ1n) is 10.2. The lowest BCUT2D eigenvalue weighted by Gasteiger charge is -2.33. The maximum atomic E-state index is 5.48. The van der Waals surface area contributed by atoms with Crippen LogP contribution in [-0.2, 0) is 11.2 Å². The van der Waals surface area contributed by atoms with Gasteiger partial charge in [0.2, 0.25) is 0 Å². The van der Waals surface area contributed by atoms with Gasteiger partial charge in [0.25, 0.3) is 0 Å². The van der Waals surface area contributed by atoms with E-state index in [0.717, 1.165) is 83.3 Å². The Labute approximate surface area is 186 Å². The lowest BCUT2D eigenvalue weighted by atomic mass is 10.0. The van der Waals surface area contributed by atoms with Crippen LogP contribution in [0.5, 0.6) is 0 Å². The van der Waals surface area contributed by atoms with Crippen molar-refractivity contribution >= 4 is 29.9 Å². The zero-order chi connectivity index (χ0) is 18.9. The van der Waals surface area contributed by atoms with E-state index >= 15 is 0 Å². The maximum Gasteiger partial charge on any atom is 0.191 e. The van der Waals surface area contributed by atoms with Crippen molar-refractivity contribution < 1.29 is 9.15 Å². The first-order chi connectivity index (χ1) is 13.2. The van der Waals surface area contributed by atoms with E-state index in [1.54, 1.807) is 6.26 Å². The molecule has 0 amide bonds. The Bertz CT molecular complexity index is 592. The molecule has 0 bridgehead atoms. The van der Waals surface area contributed by atoms with Gasteiger partial charge in [0.1, 0.15) is 5.76 Å². The van der Waals surface area contributed by atoms with Crippen LogP contribution in [0, 0.1) is 5.92 Å². The van der Waals surface area contributed by atoms with Crippen LogP contribution in [0.2, 0.25) is 0 Å². The second-order valence-corrected chi connectivity index (χ2v) is 7.83. The van der Waals surface area contributed by atoms with E-state index in [-0.39, 0.29) is 24.0 Å². The SMILES string of the molecule is C=C(C)CN1CCC(NC(=NCC2CCOC2)NCCc2ccco2)CC1.I. The molecule has 1 aromatic heterocycles. The predicted octanol–water partition coefficient (Wildman–Crippen LogP) is 3.05. The summed E-state index contributed by atoms with van der Waals surface area (Å²) in [5.74, 6) is 2.47. The smallest absolute Gasteiger partial charge is 0.191 e. The van der Waals surface area contributed by atoms with Crippen molar-refractivity contribution in [3.05, 3.63) is 36.3 Å². The molecule has 0 spiro atoms. The summed E-state index contributed by atoms with van der Waals surface area (Å²) in [6.07, 6.45) is 5.97. The number of aliphatic imine (C=N–C) groups is 1. The van der Waals surface area contributed by atoms with E-state index in [2.05, 4.69) is 29.0 Å². The summed E-state index contributed by atoms with van der Waals surface area (Å²) in [5.41, 5.74) is 1.24. The molecule has 2 N–H and O–H groups in total. The third kappa shape index (κ3) is 8.13. The van der Waals surface area contributed by atoms with Gasteiger partial charge in [0, 0.05) is 57.7 Å². The Kier molecular flexibility index (Phi) is 10.4. The van der Waals surface area contributed by atoms with Crippen LogP contribution < -0.4 is 10.6 Å². The van der Waals surface area contributed by atoms with Crippen LogP contribution in [-0.4, -0.2) is 62.8 Å². The molecule has 0 saturated carbocycles. The molecule has 2 fully saturated rings. The number of piperidine rings is 1. The first-order valence-corrected chi connectivity index (χ1v) is 10.2. The average Bonchev–Trinajstić information content (AvgIpc) is 3.34. The quantitative estimate of drug-likeness (QED) is 0.248. The molecule has 6 nitrogen and oxygen atoms in total. The molecule has 1 atom stereocenters. The molecular weight excluding hydrogens is 467 g/mol. The number of rotatable bonds is 8. The molecule has 2 saturated heterocycles. The van der Waals surface area contributed by atoms with Gasteiger partial charge in [-0.25, -0.2) is 0 Å². The van der Waals surface area contributed by atoms with Gasteiger partial charge in [-0.3, -0.25) is 9.89 Å². The summed E-state index contributed by atoms with van der Waals surface area (Å²) in [5, 5.41) is 7.14. The van der Waals surface area contributed by atoms with Gasteiger partial charge in [-0.2, -0.15) is 0 Å². The topological polar surface area (TPSA) is 62.0 Å². The number of ether oxygens (including phenoxy) is 1. The van der Waals surface area contributed by atoms with Crippen molar-refractivity contribution in [3.8, 4) is 0 Å². The fourth-order valence-electron chi connectivity index (χ4n) is 3.67. The second kappa shape index (κ2) is 12.5. The van der Waals surface area contributed by atoms with E-state index in [1.807, 2.05) is 12.1 Å². The zero-order valence-corrected chi connectivity index (χ0v) is 19.3. The van der Waals surface area contributed by atoms with Gasteiger partial charge >= 0.3 is 0 Å². The Morgan fingerprint density at radius 2 is 2.14 bits per heavy atom. The summed E-state index contributed by atoms with van der Waals surface area (Å²) in [6.45, 7) is 12.7. The molecule has 7 heteroatoms. The van der Waals surface area contributed by atoms with Gasteiger partial charge in [-0.05, 0) is 38.3 Å². The second-order valence-electron chi connectivity index (χ2n) is 7.83. The van der Waals surface area contributed by atoms with E-state index in [1.165, 1.54) is 5.57 Å². The van der Waals surface area contributed by atoms with E-state index < -0.39 is 0 Å². The maximum absolute atomic E-state index is 5.48. The zero-order valence-electron chi connectivity index (χ0n) is 17.0. The van der Waals surface area contributed by atoms with E-state index in [4.69, 9.17) is 14.1 Å². The standard InChI is InChI=1S/C21H34N4O2.HI/c1-17(2)15-25-10-6-19(7-11-25)24-21(23-14-18-8-13-26-16-18)22-9-5-20-4-3-12-27-20;/h3-4,12,18-19H,1,5-11,13-16H2,2H3,(H2,22,23,24);1H. The fourth-order valence-corrected chi connectivity index (χ4v) is 3.67. The van der Waals surface area contributed by atoms with Gasteiger partial charge < -0.3 is 19.8 Å². The van der Waals surface area contributed by atoms with Crippen molar-refractivity contribution in [2.24, 2.45) is 10.9 Å². The van der Waals surface area contributed by atoms with Crippen LogP contribution >= 0.6 is 24.0 Å². The lowest BCUT2D eigenvalue weighted by Crippen LogP contribution is -2.49. The fraction of sp³-hybridized carbons (Fsp3) is 0.667. The number of likely N-dealkylation sites (tertiary alicyclic amines) is 1. The minimum Gasteiger partial charge on any atom is -0.469 e. The van der Waals surface area contributed by atoms with Gasteiger partial charge in [-0.15, -0.1) is 24.0 Å². The summed E-state index contributed by atoms with van der Waals surface area (Å²) >= 11 is 0. The first kappa shape index (κ1) is 23.2. The molecule has 3 heterocycles. The van der Waals surface area contributed by atoms with Crippen LogP contribution in [0.1, 0.15) is 31.9 Å². The minimum absolute atomic E-state index is 0. The highest BCUT2D eigenvalue weighted by Gasteiger charge is 2.20. The third-order valence-electron chi connectivity index (χ3n) is 5.20. The monoisotopic (exact) mass is 502 g/mol. The third-order valence-corrected chi connectivity index (χ3v) is 5.20. The van der Waals surface area contributed by atoms with Crippen molar-refractivity contribution in [3.63, 3.8) is 0 Å². The summed E-state index contributed by atoms with van der Waals surface area (Å²) in [6, 6.07) is 4.42. The molecule has 2 aliphatic heterocycles. The highest BCUT2D eigenvalue weighted by atomic mass is 127. The van der Waals surface area contributed by atoms with E-state index in [9.17, 15) is 0 Å². The molecule has 2 aliphatic rings. The molecule has 1 aromatic rings. The molecule has 28 heavy (non-hydrogen) atoms. The lowest BCUT2D eigenvalue weighted by molar-refractivity contribution is 0.187. The highest BCUT2D eigenvalue weighted by Crippen LogP contribution is 2.13. The van der Waals surface area contributed by atoms with Crippen LogP contribution in [0.4, 0.5) is 0 Å². The van der Waals surface area contributed by atoms with Crippen molar-refractivity contribution in [1.29, 1.82) is 0 Å². The number of furan rings is 1. The number of nitrogens with one attached hydrogen (secondary N) is 2. The largest absolute Gasteiger partial charge is 0.469 e. The minimum atomic E-state index is 0. The Balaban J connectivity index is 0.00000280. The highest BCUT2D eigenvalue weighted by molar-refractivity contribution is 14.0. The predicted molar refractivity (Wildman–Crippen MR) is 124 cm³/mol. The van der Waals surface area contributed by atoms with E-state index in [0.29, 0.717) is 12.0 Å². The summed E-state index contributed by atoms with van der Waals surface area (Å²) < 4.78 is 10.9. The molecule has 0 aliphatic carbocycles. The molecule has 0 radical (unpaired) electrons. The Morgan fingerprint density at radius 1 is 1.32 bits per heavy atom. The molecule has 3 rings (SSSR count). The summed E-state index contributed by atoms with van der Waals surface area (Å²) in [7, 11) is 0. The number of guanidine groups is 1. The van der Waals surface area contributed by atoms with Gasteiger partial charge in [0.15, 0.2) is 5.96 Å². The van der Waals surface area contributed by atoms with Crippen molar-refractivity contribution in [2.75, 3.05) is 45.9 Å². The average molecular weight is 502 g/mol. The molecule has 1 unspecified atom stereocenters. The van der Waals surface area contributed by atoms with Crippen molar-refractivity contribution in [1.82, 2.24) is 15.5 Å². The number of nitrogens with zero attached hydrogens (tertiary/aromatic N) is 2. The van der Waals surface area contributed by atoms with Crippen LogP contribution in [0.25, 0.3) is 0 Å².